The molecule has 2 atom stereocenters. The molecule has 15 heavy (non-hydrogen) atoms. The van der Waals surface area contributed by atoms with Crippen molar-refractivity contribution in [1.29, 1.82) is 0 Å². The second kappa shape index (κ2) is 4.84. The molecule has 90 valence electrons. The molecule has 2 heteroatoms. The molecule has 0 aromatic carbocycles. The summed E-state index contributed by atoms with van der Waals surface area (Å²) >= 11 is 0. The number of hydrogen-bond acceptors (Lipinski definition) is 2. The van der Waals surface area contributed by atoms with Crippen LogP contribution in [0.2, 0.25) is 0 Å². The Kier molecular flexibility index (Phi) is 4.19. The molecular formula is C13H28N2. The van der Waals surface area contributed by atoms with Crippen LogP contribution in [-0.4, -0.2) is 30.1 Å². The average molecular weight is 212 g/mol. The van der Waals surface area contributed by atoms with Crippen LogP contribution >= 0.6 is 0 Å². The number of nitrogens with zero attached hydrogens (tertiary/aromatic N) is 1. The van der Waals surface area contributed by atoms with Gasteiger partial charge in [-0.15, -0.1) is 0 Å². The Morgan fingerprint density at radius 1 is 1.33 bits per heavy atom. The van der Waals surface area contributed by atoms with Gasteiger partial charge in [-0.05, 0) is 37.6 Å². The van der Waals surface area contributed by atoms with E-state index >= 15 is 0 Å². The van der Waals surface area contributed by atoms with Crippen molar-refractivity contribution in [3.8, 4) is 0 Å². The first-order chi connectivity index (χ1) is 6.86. The average Bonchev–Trinajstić information content (AvgIpc) is 2.83. The molecule has 0 radical (unpaired) electrons. The lowest BCUT2D eigenvalue weighted by molar-refractivity contribution is 0.0824. The van der Waals surface area contributed by atoms with Crippen LogP contribution < -0.4 is 5.73 Å². The third-order valence-corrected chi connectivity index (χ3v) is 3.37. The maximum Gasteiger partial charge on any atom is 0.0292 e. The monoisotopic (exact) mass is 212 g/mol. The lowest BCUT2D eigenvalue weighted by Gasteiger charge is -2.42. The van der Waals surface area contributed by atoms with Crippen LogP contribution in [0.3, 0.4) is 0 Å². The van der Waals surface area contributed by atoms with E-state index < -0.39 is 0 Å². The molecule has 1 aliphatic carbocycles. The predicted molar refractivity (Wildman–Crippen MR) is 66.9 cm³/mol. The molecule has 1 aliphatic rings. The molecule has 0 heterocycles. The van der Waals surface area contributed by atoms with Crippen molar-refractivity contribution in [2.24, 2.45) is 17.1 Å². The number of hydrogen-bond donors (Lipinski definition) is 1. The second-order valence-electron chi connectivity index (χ2n) is 6.20. The van der Waals surface area contributed by atoms with Gasteiger partial charge in [0.25, 0.3) is 0 Å². The summed E-state index contributed by atoms with van der Waals surface area (Å²) < 4.78 is 0. The molecule has 0 aromatic rings. The smallest absolute Gasteiger partial charge is 0.0292 e. The zero-order valence-corrected chi connectivity index (χ0v) is 11.1. The first kappa shape index (κ1) is 13.0. The number of likely N-dealkylation sites (N-methyl/N-ethyl adjacent to an activating group) is 1. The zero-order chi connectivity index (χ0) is 11.6. The van der Waals surface area contributed by atoms with Crippen LogP contribution in [0.5, 0.6) is 0 Å². The molecule has 1 rings (SSSR count). The van der Waals surface area contributed by atoms with E-state index in [1.165, 1.54) is 19.4 Å². The van der Waals surface area contributed by atoms with Crippen molar-refractivity contribution in [3.63, 3.8) is 0 Å². The van der Waals surface area contributed by atoms with Gasteiger partial charge in [-0.3, -0.25) is 4.90 Å². The predicted octanol–water partition coefficient (Wildman–Crippen LogP) is 2.48. The van der Waals surface area contributed by atoms with Crippen LogP contribution in [0.4, 0.5) is 0 Å². The highest BCUT2D eigenvalue weighted by atomic mass is 15.2. The standard InChI is InChI=1S/C13H28N2/c1-6-15(9-11-7-8-11)12(10(2)14)13(3,4)5/h10-12H,6-9,14H2,1-5H3. The van der Waals surface area contributed by atoms with Crippen molar-refractivity contribution in [1.82, 2.24) is 4.90 Å². The second-order valence-corrected chi connectivity index (χ2v) is 6.20. The van der Waals surface area contributed by atoms with E-state index in [0.717, 1.165) is 12.5 Å². The van der Waals surface area contributed by atoms with Crippen molar-refractivity contribution in [2.75, 3.05) is 13.1 Å². The number of rotatable bonds is 5. The summed E-state index contributed by atoms with van der Waals surface area (Å²) in [4.78, 5) is 2.59. The van der Waals surface area contributed by atoms with Crippen molar-refractivity contribution in [2.45, 2.75) is 59.5 Å². The molecule has 0 bridgehead atoms. The van der Waals surface area contributed by atoms with E-state index in [4.69, 9.17) is 5.73 Å². The Labute approximate surface area is 95.2 Å². The lowest BCUT2D eigenvalue weighted by Crippen LogP contribution is -2.54. The maximum atomic E-state index is 6.15. The Hall–Kier alpha value is -0.0800. The molecular weight excluding hydrogens is 184 g/mol. The van der Waals surface area contributed by atoms with Crippen molar-refractivity contribution < 1.29 is 0 Å². The van der Waals surface area contributed by atoms with Gasteiger partial charge < -0.3 is 5.73 Å². The fourth-order valence-electron chi connectivity index (χ4n) is 2.74. The van der Waals surface area contributed by atoms with Crippen molar-refractivity contribution >= 4 is 0 Å². The van der Waals surface area contributed by atoms with E-state index in [1.807, 2.05) is 0 Å². The molecule has 2 N–H and O–H groups in total. The van der Waals surface area contributed by atoms with Crippen LogP contribution in [0.1, 0.15) is 47.5 Å². The van der Waals surface area contributed by atoms with Gasteiger partial charge >= 0.3 is 0 Å². The van der Waals surface area contributed by atoms with Gasteiger partial charge in [-0.2, -0.15) is 0 Å². The summed E-state index contributed by atoms with van der Waals surface area (Å²) in [5, 5.41) is 0. The summed E-state index contributed by atoms with van der Waals surface area (Å²) in [5.74, 6) is 0.952. The minimum atomic E-state index is 0.253. The van der Waals surface area contributed by atoms with Gasteiger partial charge in [-0.1, -0.05) is 27.7 Å². The summed E-state index contributed by atoms with van der Waals surface area (Å²) in [5.41, 5.74) is 6.43. The Morgan fingerprint density at radius 2 is 1.87 bits per heavy atom. The van der Waals surface area contributed by atoms with Gasteiger partial charge in [0, 0.05) is 18.6 Å². The van der Waals surface area contributed by atoms with Crippen LogP contribution in [-0.2, 0) is 0 Å². The first-order valence-electron chi connectivity index (χ1n) is 6.36. The minimum Gasteiger partial charge on any atom is -0.327 e. The van der Waals surface area contributed by atoms with Crippen LogP contribution in [0.15, 0.2) is 0 Å². The van der Waals surface area contributed by atoms with Gasteiger partial charge in [0.2, 0.25) is 0 Å². The number of nitrogens with two attached hydrogens (primary N) is 1. The van der Waals surface area contributed by atoms with Gasteiger partial charge in [0.1, 0.15) is 0 Å². The Morgan fingerprint density at radius 3 is 2.13 bits per heavy atom. The molecule has 0 amide bonds. The van der Waals surface area contributed by atoms with Gasteiger partial charge in [0.15, 0.2) is 0 Å². The fraction of sp³-hybridized carbons (Fsp3) is 1.00. The van der Waals surface area contributed by atoms with Gasteiger partial charge in [0.05, 0.1) is 0 Å². The molecule has 0 saturated heterocycles. The molecule has 0 aliphatic heterocycles. The fourth-order valence-corrected chi connectivity index (χ4v) is 2.74. The normalized spacial score (nSPS) is 21.8. The highest BCUT2D eigenvalue weighted by Gasteiger charge is 2.35. The van der Waals surface area contributed by atoms with E-state index in [2.05, 4.69) is 39.5 Å². The highest BCUT2D eigenvalue weighted by molar-refractivity contribution is 4.91. The molecule has 2 nitrogen and oxygen atoms in total. The maximum absolute atomic E-state index is 6.15. The van der Waals surface area contributed by atoms with E-state index in [0.29, 0.717) is 6.04 Å². The van der Waals surface area contributed by atoms with E-state index in [1.54, 1.807) is 0 Å². The molecule has 1 saturated carbocycles. The van der Waals surface area contributed by atoms with Crippen molar-refractivity contribution in [3.05, 3.63) is 0 Å². The third kappa shape index (κ3) is 3.76. The third-order valence-electron chi connectivity index (χ3n) is 3.37. The van der Waals surface area contributed by atoms with E-state index in [9.17, 15) is 0 Å². The first-order valence-corrected chi connectivity index (χ1v) is 6.36. The summed E-state index contributed by atoms with van der Waals surface area (Å²) in [7, 11) is 0. The lowest BCUT2D eigenvalue weighted by atomic mass is 9.81. The van der Waals surface area contributed by atoms with Crippen LogP contribution in [0.25, 0.3) is 0 Å². The molecule has 1 fully saturated rings. The molecule has 2 unspecified atom stereocenters. The molecule has 0 aromatic heterocycles. The quantitative estimate of drug-likeness (QED) is 0.758. The summed E-state index contributed by atoms with van der Waals surface area (Å²) in [6.45, 7) is 13.7. The summed E-state index contributed by atoms with van der Waals surface area (Å²) in [6, 6.07) is 0.756. The Balaban J connectivity index is 2.65. The highest BCUT2D eigenvalue weighted by Crippen LogP contribution is 2.33. The zero-order valence-electron chi connectivity index (χ0n) is 11.1. The largest absolute Gasteiger partial charge is 0.327 e. The SMILES string of the molecule is CCN(CC1CC1)C(C(C)N)C(C)(C)C. The summed E-state index contributed by atoms with van der Waals surface area (Å²) in [6.07, 6.45) is 2.85. The van der Waals surface area contributed by atoms with Crippen LogP contribution in [0, 0.1) is 11.3 Å². The minimum absolute atomic E-state index is 0.253. The topological polar surface area (TPSA) is 29.3 Å². The van der Waals surface area contributed by atoms with E-state index in [-0.39, 0.29) is 11.5 Å². The Bertz CT molecular complexity index is 189. The molecule has 0 spiro atoms. The van der Waals surface area contributed by atoms with Gasteiger partial charge in [-0.25, -0.2) is 0 Å².